The molecule has 3 nitrogen and oxygen atoms in total. The second kappa shape index (κ2) is 5.63. The van der Waals surface area contributed by atoms with Gasteiger partial charge in [0.25, 0.3) is 0 Å². The smallest absolute Gasteiger partial charge is 0.212 e. The van der Waals surface area contributed by atoms with E-state index in [4.69, 9.17) is 4.74 Å². The van der Waals surface area contributed by atoms with Crippen LogP contribution in [0.25, 0.3) is 11.1 Å². The van der Waals surface area contributed by atoms with Gasteiger partial charge < -0.3 is 10.1 Å². The van der Waals surface area contributed by atoms with Gasteiger partial charge in [-0.3, -0.25) is 0 Å². The third kappa shape index (κ3) is 2.99. The van der Waals surface area contributed by atoms with Crippen LogP contribution in [0.5, 0.6) is 5.88 Å². The van der Waals surface area contributed by atoms with Crippen molar-refractivity contribution in [3.05, 3.63) is 47.7 Å². The predicted octanol–water partition coefficient (Wildman–Crippen LogP) is 3.32. The fourth-order valence-electron chi connectivity index (χ4n) is 2.37. The quantitative estimate of drug-likeness (QED) is 0.903. The first-order valence-electron chi connectivity index (χ1n) is 7.09. The molecule has 0 amide bonds. The number of ether oxygens (including phenoxy) is 1. The molecule has 1 N–H and O–H groups in total. The van der Waals surface area contributed by atoms with Crippen molar-refractivity contribution in [1.82, 2.24) is 10.3 Å². The first-order chi connectivity index (χ1) is 9.76. The summed E-state index contributed by atoms with van der Waals surface area (Å²) in [7, 11) is 1.63. The van der Waals surface area contributed by atoms with E-state index in [-0.39, 0.29) is 0 Å². The minimum atomic E-state index is 0.650. The van der Waals surface area contributed by atoms with E-state index in [1.807, 2.05) is 12.3 Å². The Morgan fingerprint density at radius 1 is 1.25 bits per heavy atom. The molecule has 1 fully saturated rings. The maximum atomic E-state index is 5.10. The third-order valence-electron chi connectivity index (χ3n) is 3.72. The Hall–Kier alpha value is -1.87. The zero-order valence-electron chi connectivity index (χ0n) is 12.0. The van der Waals surface area contributed by atoms with E-state index < -0.39 is 0 Å². The molecule has 1 saturated carbocycles. The summed E-state index contributed by atoms with van der Waals surface area (Å²) in [5.74, 6) is 0.650. The standard InChI is InChI=1S/C17H20N2O/c1-12-9-13(10-18-15-5-6-15)3-7-16(12)14-4-8-17(20-2)19-11-14/h3-4,7-9,11,15,18H,5-6,10H2,1-2H3. The second-order valence-corrected chi connectivity index (χ2v) is 5.39. The number of aryl methyl sites for hydroxylation is 1. The molecular formula is C17H20N2O. The summed E-state index contributed by atoms with van der Waals surface area (Å²) in [5, 5.41) is 3.55. The number of pyridine rings is 1. The van der Waals surface area contributed by atoms with E-state index in [0.717, 1.165) is 18.2 Å². The number of benzene rings is 1. The van der Waals surface area contributed by atoms with E-state index >= 15 is 0 Å². The molecule has 2 aromatic rings. The van der Waals surface area contributed by atoms with Crippen molar-refractivity contribution in [2.24, 2.45) is 0 Å². The van der Waals surface area contributed by atoms with Crippen LogP contribution in [0.15, 0.2) is 36.5 Å². The average Bonchev–Trinajstić information content (AvgIpc) is 3.30. The van der Waals surface area contributed by atoms with Gasteiger partial charge in [0, 0.05) is 30.4 Å². The first-order valence-corrected chi connectivity index (χ1v) is 7.09. The zero-order valence-corrected chi connectivity index (χ0v) is 12.0. The van der Waals surface area contributed by atoms with E-state index in [2.05, 4.69) is 41.5 Å². The number of nitrogens with one attached hydrogen (secondary N) is 1. The van der Waals surface area contributed by atoms with Gasteiger partial charge >= 0.3 is 0 Å². The van der Waals surface area contributed by atoms with E-state index in [9.17, 15) is 0 Å². The predicted molar refractivity (Wildman–Crippen MR) is 80.8 cm³/mol. The minimum Gasteiger partial charge on any atom is -0.481 e. The van der Waals surface area contributed by atoms with Gasteiger partial charge in [0.2, 0.25) is 5.88 Å². The fourth-order valence-corrected chi connectivity index (χ4v) is 2.37. The van der Waals surface area contributed by atoms with E-state index in [0.29, 0.717) is 5.88 Å². The summed E-state index contributed by atoms with van der Waals surface area (Å²) in [6, 6.07) is 11.3. The molecule has 1 aromatic carbocycles. The molecule has 20 heavy (non-hydrogen) atoms. The molecule has 1 aliphatic carbocycles. The lowest BCUT2D eigenvalue weighted by molar-refractivity contribution is 0.398. The summed E-state index contributed by atoms with van der Waals surface area (Å²) in [6.07, 6.45) is 4.52. The average molecular weight is 268 g/mol. The highest BCUT2D eigenvalue weighted by Crippen LogP contribution is 2.25. The Kier molecular flexibility index (Phi) is 3.70. The molecule has 1 heterocycles. The highest BCUT2D eigenvalue weighted by Gasteiger charge is 2.19. The molecule has 0 unspecified atom stereocenters. The van der Waals surface area contributed by atoms with Crippen molar-refractivity contribution in [1.29, 1.82) is 0 Å². The third-order valence-corrected chi connectivity index (χ3v) is 3.72. The van der Waals surface area contributed by atoms with Crippen LogP contribution in [-0.2, 0) is 6.54 Å². The van der Waals surface area contributed by atoms with E-state index in [1.54, 1.807) is 7.11 Å². The number of nitrogens with zero attached hydrogens (tertiary/aromatic N) is 1. The zero-order chi connectivity index (χ0) is 13.9. The molecule has 3 rings (SSSR count). The van der Waals surface area contributed by atoms with Gasteiger partial charge in [0.05, 0.1) is 7.11 Å². The Bertz CT molecular complexity index is 588. The van der Waals surface area contributed by atoms with Crippen molar-refractivity contribution in [3.63, 3.8) is 0 Å². The topological polar surface area (TPSA) is 34.1 Å². The Balaban J connectivity index is 1.77. The van der Waals surface area contributed by atoms with Gasteiger partial charge in [-0.25, -0.2) is 4.98 Å². The number of hydrogen-bond acceptors (Lipinski definition) is 3. The number of hydrogen-bond donors (Lipinski definition) is 1. The lowest BCUT2D eigenvalue weighted by atomic mass is 9.99. The van der Waals surface area contributed by atoms with Gasteiger partial charge in [-0.05, 0) is 42.5 Å². The van der Waals surface area contributed by atoms with Gasteiger partial charge in [-0.1, -0.05) is 18.2 Å². The van der Waals surface area contributed by atoms with Gasteiger partial charge in [-0.2, -0.15) is 0 Å². The van der Waals surface area contributed by atoms with Crippen molar-refractivity contribution in [2.75, 3.05) is 7.11 Å². The van der Waals surface area contributed by atoms with Crippen molar-refractivity contribution in [3.8, 4) is 17.0 Å². The summed E-state index contributed by atoms with van der Waals surface area (Å²) in [4.78, 5) is 4.27. The molecule has 0 saturated heterocycles. The lowest BCUT2D eigenvalue weighted by Crippen LogP contribution is -2.15. The Morgan fingerprint density at radius 3 is 2.70 bits per heavy atom. The van der Waals surface area contributed by atoms with Crippen LogP contribution < -0.4 is 10.1 Å². The molecule has 0 aliphatic heterocycles. The highest BCUT2D eigenvalue weighted by molar-refractivity contribution is 5.67. The molecule has 0 bridgehead atoms. The molecule has 1 aromatic heterocycles. The summed E-state index contributed by atoms with van der Waals surface area (Å²) in [5.41, 5.74) is 4.99. The summed E-state index contributed by atoms with van der Waals surface area (Å²) in [6.45, 7) is 3.12. The maximum absolute atomic E-state index is 5.10. The Morgan fingerprint density at radius 2 is 2.10 bits per heavy atom. The van der Waals surface area contributed by atoms with Crippen LogP contribution in [0.3, 0.4) is 0 Å². The van der Waals surface area contributed by atoms with Gasteiger partial charge in [0.1, 0.15) is 0 Å². The fraction of sp³-hybridized carbons (Fsp3) is 0.353. The molecular weight excluding hydrogens is 248 g/mol. The molecule has 104 valence electrons. The molecule has 0 radical (unpaired) electrons. The normalized spacial score (nSPS) is 14.3. The van der Waals surface area contributed by atoms with E-state index in [1.165, 1.54) is 29.5 Å². The molecule has 0 spiro atoms. The van der Waals surface area contributed by atoms with Crippen LogP contribution in [0.2, 0.25) is 0 Å². The first kappa shape index (κ1) is 13.1. The molecule has 3 heteroatoms. The maximum Gasteiger partial charge on any atom is 0.212 e. The molecule has 0 atom stereocenters. The van der Waals surface area contributed by atoms with Crippen molar-refractivity contribution >= 4 is 0 Å². The molecule has 1 aliphatic rings. The number of aromatic nitrogens is 1. The largest absolute Gasteiger partial charge is 0.481 e. The van der Waals surface area contributed by atoms with Crippen molar-refractivity contribution in [2.45, 2.75) is 32.4 Å². The SMILES string of the molecule is COc1ccc(-c2ccc(CNC3CC3)cc2C)cn1. The minimum absolute atomic E-state index is 0.650. The highest BCUT2D eigenvalue weighted by atomic mass is 16.5. The van der Waals surface area contributed by atoms with Gasteiger partial charge in [-0.15, -0.1) is 0 Å². The second-order valence-electron chi connectivity index (χ2n) is 5.39. The Labute approximate surface area is 120 Å². The van der Waals surface area contributed by atoms with Crippen LogP contribution >= 0.6 is 0 Å². The number of rotatable bonds is 5. The van der Waals surface area contributed by atoms with Gasteiger partial charge in [0.15, 0.2) is 0 Å². The summed E-state index contributed by atoms with van der Waals surface area (Å²) >= 11 is 0. The summed E-state index contributed by atoms with van der Waals surface area (Å²) < 4.78 is 5.10. The lowest BCUT2D eigenvalue weighted by Gasteiger charge is -2.10. The van der Waals surface area contributed by atoms with Crippen LogP contribution in [-0.4, -0.2) is 18.1 Å². The monoisotopic (exact) mass is 268 g/mol. The van der Waals surface area contributed by atoms with Crippen LogP contribution in [0.4, 0.5) is 0 Å². The van der Waals surface area contributed by atoms with Crippen LogP contribution in [0.1, 0.15) is 24.0 Å². The van der Waals surface area contributed by atoms with Crippen LogP contribution in [0, 0.1) is 6.92 Å². The number of methoxy groups -OCH3 is 1. The van der Waals surface area contributed by atoms with Crippen molar-refractivity contribution < 1.29 is 4.74 Å².